The van der Waals surface area contributed by atoms with Crippen LogP contribution < -0.4 is 37.6 Å². The second-order valence-corrected chi connectivity index (χ2v) is 21.6. The number of aromatic nitrogens is 1. The Morgan fingerprint density at radius 3 is 1.60 bits per heavy atom. The summed E-state index contributed by atoms with van der Waals surface area (Å²) in [6.07, 6.45) is 3.05. The minimum atomic E-state index is -1.28. The van der Waals surface area contributed by atoms with Crippen molar-refractivity contribution in [2.75, 3.05) is 13.1 Å². The number of hydrogen-bond donors (Lipinski definition) is 9. The van der Waals surface area contributed by atoms with Crippen LogP contribution in [0, 0.1) is 5.92 Å². The van der Waals surface area contributed by atoms with Gasteiger partial charge in [-0.05, 0) is 78.7 Å². The van der Waals surface area contributed by atoms with E-state index in [0.717, 1.165) is 33.2 Å². The van der Waals surface area contributed by atoms with E-state index in [-0.39, 0.29) is 56.9 Å². The number of H-pyrrole nitrogens is 1. The summed E-state index contributed by atoms with van der Waals surface area (Å²) in [4.78, 5) is 121. The maximum absolute atomic E-state index is 14.7. The number of amides is 8. The first-order valence-electron chi connectivity index (χ1n) is 27.2. The summed E-state index contributed by atoms with van der Waals surface area (Å²) in [7, 11) is 0. The van der Waals surface area contributed by atoms with Gasteiger partial charge in [-0.25, -0.2) is 0 Å². The van der Waals surface area contributed by atoms with Crippen LogP contribution in [0.3, 0.4) is 0 Å². The van der Waals surface area contributed by atoms with Gasteiger partial charge in [0.1, 0.15) is 54.6 Å². The Balaban J connectivity index is 0.992. The maximum Gasteiger partial charge on any atom is 0.246 e. The number of nitrogens with one attached hydrogen (secondary N) is 7. The molecule has 0 spiro atoms. The quantitative estimate of drug-likeness (QED) is 0.0733. The van der Waals surface area contributed by atoms with E-state index in [4.69, 9.17) is 5.73 Å². The van der Waals surface area contributed by atoms with Gasteiger partial charge in [0.15, 0.2) is 0 Å². The summed E-state index contributed by atoms with van der Waals surface area (Å²) in [5, 5.41) is 28.3. The van der Waals surface area contributed by atoms with E-state index < -0.39 is 95.9 Å². The molecule has 0 radical (unpaired) electrons. The Morgan fingerprint density at radius 2 is 1.01 bits per heavy atom. The fourth-order valence-corrected chi connectivity index (χ4v) is 11.4. The van der Waals surface area contributed by atoms with Crippen LogP contribution in [-0.2, 0) is 64.0 Å². The first-order chi connectivity index (χ1) is 37.6. The lowest BCUT2D eigenvalue weighted by molar-refractivity contribution is -0.143. The van der Waals surface area contributed by atoms with E-state index >= 15 is 0 Å². The van der Waals surface area contributed by atoms with Crippen LogP contribution in [0.4, 0.5) is 0 Å². The second-order valence-electron chi connectivity index (χ2n) is 21.6. The molecule has 10 N–H and O–H groups in total. The lowest BCUT2D eigenvalue weighted by Crippen LogP contribution is -2.62. The predicted molar refractivity (Wildman–Crippen MR) is 291 cm³/mol. The van der Waals surface area contributed by atoms with E-state index in [9.17, 15) is 43.5 Å². The summed E-state index contributed by atoms with van der Waals surface area (Å²) >= 11 is 0. The number of para-hydroxylation sites is 1. The molecule has 4 aliphatic heterocycles. The maximum atomic E-state index is 14.7. The zero-order valence-electron chi connectivity index (χ0n) is 44.0. The number of carbonyl (C=O) groups is 8. The molecule has 9 atom stereocenters. The molecule has 19 heteroatoms. The monoisotopic (exact) mass is 1060 g/mol. The van der Waals surface area contributed by atoms with Crippen LogP contribution in [0.15, 0.2) is 109 Å². The molecule has 19 nitrogen and oxygen atoms in total. The Hall–Kier alpha value is -7.90. The molecular weight excluding hydrogens is 993 g/mol. The van der Waals surface area contributed by atoms with Crippen molar-refractivity contribution in [3.8, 4) is 11.1 Å². The van der Waals surface area contributed by atoms with E-state index in [0.29, 0.717) is 49.8 Å². The molecule has 8 amide bonds. The minimum absolute atomic E-state index is 0.0150. The standard InChI is InChI=1S/C59H70N10O9/c1-34(2)27-43-53(72)63-45(55(74)67-46(30-36-15-7-4-8-16-36)58(77)68-25-11-21-48(68)56(75)64-43)32-39-33-61-51-40(19-10-20-41(39)51)38-18-9-17-37(28-38)31-47-59(78)69-26-12-22-49(69)57(76)65-44(29-35-13-5-3-6-14-35)54(73)62-42(52(71)66-47)23-24-50(60)70/h3-10,13-20,28,33-34,42-50,61,70H,11-12,21-27,29-32,60H2,1-2H3,(H,62,73)(H,63,72)(H,64,75)(H,65,76)(H,66,71)(H,67,74)/t42-,43+,44+,45-,46+,47+,48-,49-,50?/m1/s1. The first-order valence-corrected chi connectivity index (χ1v) is 27.2. The number of nitrogens with two attached hydrogens (primary N) is 1. The molecule has 410 valence electrons. The normalized spacial score (nSPS) is 25.0. The molecule has 9 rings (SSSR count). The predicted octanol–water partition coefficient (Wildman–Crippen LogP) is 2.43. The van der Waals surface area contributed by atoms with Crippen molar-refractivity contribution in [3.05, 3.63) is 132 Å². The number of hydrogen-bond acceptors (Lipinski definition) is 10. The molecule has 4 aliphatic rings. The Morgan fingerprint density at radius 1 is 0.538 bits per heavy atom. The zero-order chi connectivity index (χ0) is 55.0. The van der Waals surface area contributed by atoms with Crippen LogP contribution in [-0.4, -0.2) is 135 Å². The lowest BCUT2D eigenvalue weighted by atomic mass is 9.95. The second kappa shape index (κ2) is 24.6. The van der Waals surface area contributed by atoms with Crippen molar-refractivity contribution in [2.45, 2.75) is 139 Å². The molecule has 0 saturated carbocycles. The molecule has 4 saturated heterocycles. The van der Waals surface area contributed by atoms with Crippen molar-refractivity contribution in [3.63, 3.8) is 0 Å². The zero-order valence-corrected chi connectivity index (χ0v) is 44.0. The highest BCUT2D eigenvalue weighted by Crippen LogP contribution is 2.32. The van der Waals surface area contributed by atoms with Crippen LogP contribution >= 0.6 is 0 Å². The number of rotatable bonds is 14. The van der Waals surface area contributed by atoms with Gasteiger partial charge in [-0.1, -0.05) is 117 Å². The van der Waals surface area contributed by atoms with E-state index in [1.54, 1.807) is 6.20 Å². The minimum Gasteiger partial charge on any atom is -0.379 e. The number of aromatic amines is 1. The lowest BCUT2D eigenvalue weighted by Gasteiger charge is -2.32. The van der Waals surface area contributed by atoms with Gasteiger partial charge in [0.25, 0.3) is 0 Å². The number of carbonyl (C=O) groups excluding carboxylic acids is 8. The van der Waals surface area contributed by atoms with E-state index in [1.165, 1.54) is 9.80 Å². The van der Waals surface area contributed by atoms with Crippen molar-refractivity contribution in [2.24, 2.45) is 11.7 Å². The number of nitrogens with zero attached hydrogens (tertiary/aromatic N) is 2. The molecular formula is C59H70N10O9. The molecule has 4 aromatic carbocycles. The Bertz CT molecular complexity index is 3020. The highest BCUT2D eigenvalue weighted by molar-refractivity contribution is 6.01. The van der Waals surface area contributed by atoms with Crippen LogP contribution in [0.1, 0.15) is 81.0 Å². The van der Waals surface area contributed by atoms with Gasteiger partial charge in [-0.15, -0.1) is 0 Å². The highest BCUT2D eigenvalue weighted by Gasteiger charge is 2.43. The van der Waals surface area contributed by atoms with Gasteiger partial charge in [0.2, 0.25) is 47.3 Å². The Labute approximate surface area is 453 Å². The summed E-state index contributed by atoms with van der Waals surface area (Å²) in [6.45, 7) is 4.50. The first kappa shape index (κ1) is 54.9. The molecule has 5 aromatic rings. The molecule has 0 bridgehead atoms. The smallest absolute Gasteiger partial charge is 0.246 e. The Kier molecular flexibility index (Phi) is 17.3. The van der Waals surface area contributed by atoms with Crippen molar-refractivity contribution in [1.82, 2.24) is 46.7 Å². The average molecular weight is 1060 g/mol. The molecule has 5 heterocycles. The molecule has 4 fully saturated rings. The SMILES string of the molecule is CC(C)C[C@@H]1NC(=O)[C@H]2CCCN2C(=O)[C@H](Cc2ccccc2)NC(=O)[C@@H](Cc2c[nH]c3c(-c4cccc(C[C@@H]5NC(=O)[C@@H](CCC(N)O)NC(=O)[C@H](Cc6ccccc6)NC(=O)[C@H]6CCCN6C5=O)c4)cccc23)NC1=O. The topological polar surface area (TPSA) is 277 Å². The summed E-state index contributed by atoms with van der Waals surface area (Å²) in [5.74, 6) is -3.98. The van der Waals surface area contributed by atoms with Gasteiger partial charge in [0.05, 0.1) is 5.52 Å². The van der Waals surface area contributed by atoms with E-state index in [2.05, 4.69) is 36.9 Å². The number of fused-ring (bicyclic) bond motifs is 3. The summed E-state index contributed by atoms with van der Waals surface area (Å²) in [6, 6.07) is 23.5. The number of benzene rings is 4. The molecule has 1 unspecified atom stereocenters. The van der Waals surface area contributed by atoms with Crippen molar-refractivity contribution >= 4 is 58.2 Å². The third-order valence-electron chi connectivity index (χ3n) is 15.4. The third-order valence-corrected chi connectivity index (χ3v) is 15.4. The van der Waals surface area contributed by atoms with Crippen LogP contribution in [0.5, 0.6) is 0 Å². The largest absolute Gasteiger partial charge is 0.379 e. The summed E-state index contributed by atoms with van der Waals surface area (Å²) < 4.78 is 0. The van der Waals surface area contributed by atoms with Crippen molar-refractivity contribution < 1.29 is 43.5 Å². The van der Waals surface area contributed by atoms with Gasteiger partial charge in [0, 0.05) is 55.9 Å². The number of aliphatic hydroxyl groups is 1. The van der Waals surface area contributed by atoms with Crippen LogP contribution in [0.2, 0.25) is 0 Å². The third kappa shape index (κ3) is 12.9. The van der Waals surface area contributed by atoms with Gasteiger partial charge < -0.3 is 57.5 Å². The number of aliphatic hydroxyl groups excluding tert-OH is 1. The molecule has 78 heavy (non-hydrogen) atoms. The fraction of sp³-hybridized carbons (Fsp3) is 0.424. The molecule has 0 aliphatic carbocycles. The fourth-order valence-electron chi connectivity index (χ4n) is 11.4. The summed E-state index contributed by atoms with van der Waals surface area (Å²) in [5.41, 5.74) is 10.9. The average Bonchev–Trinajstić information content (AvgIpc) is 4.23. The van der Waals surface area contributed by atoms with Gasteiger partial charge >= 0.3 is 0 Å². The van der Waals surface area contributed by atoms with Gasteiger partial charge in [-0.2, -0.15) is 0 Å². The van der Waals surface area contributed by atoms with Crippen LogP contribution in [0.25, 0.3) is 22.0 Å². The van der Waals surface area contributed by atoms with Crippen molar-refractivity contribution in [1.29, 1.82) is 0 Å². The van der Waals surface area contributed by atoms with E-state index in [1.807, 2.05) is 117 Å². The van der Waals surface area contributed by atoms with Gasteiger partial charge in [-0.3, -0.25) is 38.4 Å². The highest BCUT2D eigenvalue weighted by atomic mass is 16.3. The molecule has 1 aromatic heterocycles.